The average Bonchev–Trinajstić information content (AvgIpc) is 2.96. The molecule has 144 valence electrons. The fraction of sp³-hybridized carbons (Fsp3) is 0.812. The molecule has 1 aliphatic heterocycles. The number of esters is 1. The van der Waals surface area contributed by atoms with Gasteiger partial charge < -0.3 is 23.7 Å². The topological polar surface area (TPSA) is 106 Å². The number of rotatable bonds is 11. The van der Waals surface area contributed by atoms with Crippen LogP contribution in [-0.2, 0) is 28.5 Å². The lowest BCUT2D eigenvalue weighted by Gasteiger charge is -2.25. The van der Waals surface area contributed by atoms with Gasteiger partial charge in [0.15, 0.2) is 5.79 Å². The van der Waals surface area contributed by atoms with Crippen molar-refractivity contribution >= 4 is 5.97 Å². The summed E-state index contributed by atoms with van der Waals surface area (Å²) < 4.78 is 27.0. The molecule has 0 bridgehead atoms. The van der Waals surface area contributed by atoms with Crippen LogP contribution in [0.2, 0.25) is 0 Å². The maximum Gasteiger partial charge on any atom is 0.333 e. The molecule has 0 aromatic heterocycles. The summed E-state index contributed by atoms with van der Waals surface area (Å²) in [5.74, 6) is -1.39. The van der Waals surface area contributed by atoms with Crippen molar-refractivity contribution < 1.29 is 33.4 Å². The second-order valence-corrected chi connectivity index (χ2v) is 5.62. The molecular weight excluding hydrogens is 334 g/mol. The minimum absolute atomic E-state index is 0.0452. The van der Waals surface area contributed by atoms with E-state index in [0.29, 0.717) is 12.8 Å². The van der Waals surface area contributed by atoms with Crippen molar-refractivity contribution in [3.63, 3.8) is 0 Å². The predicted octanol–water partition coefficient (Wildman–Crippen LogP) is 1.67. The monoisotopic (exact) mass is 361 g/mol. The molecular formula is C16H27NO8. The van der Waals surface area contributed by atoms with Gasteiger partial charge in [-0.1, -0.05) is 13.8 Å². The zero-order chi connectivity index (χ0) is 18.9. The second kappa shape index (κ2) is 10.4. The van der Waals surface area contributed by atoms with Gasteiger partial charge in [0.2, 0.25) is 6.54 Å². The molecule has 0 amide bonds. The molecule has 1 rings (SSSR count). The Morgan fingerprint density at radius 1 is 1.28 bits per heavy atom. The third-order valence-electron chi connectivity index (χ3n) is 4.02. The Labute approximate surface area is 147 Å². The summed E-state index contributed by atoms with van der Waals surface area (Å²) in [7, 11) is 2.74. The van der Waals surface area contributed by atoms with Gasteiger partial charge in [-0.15, -0.1) is 0 Å². The fourth-order valence-electron chi connectivity index (χ4n) is 2.59. The highest BCUT2D eigenvalue weighted by atomic mass is 16.8. The van der Waals surface area contributed by atoms with E-state index in [-0.39, 0.29) is 31.9 Å². The maximum absolute atomic E-state index is 11.9. The van der Waals surface area contributed by atoms with Gasteiger partial charge in [-0.3, -0.25) is 10.1 Å². The third-order valence-corrected chi connectivity index (χ3v) is 4.02. The first-order chi connectivity index (χ1) is 11.9. The number of nitrogens with zero attached hydrogens (tertiary/aromatic N) is 1. The largest absolute Gasteiger partial charge is 0.466 e. The zero-order valence-corrected chi connectivity index (χ0v) is 15.2. The standard InChI is InChI=1S/C16H27NO8/c1-5-16(6-2)24-13(14(25-16)10-23-11-21-3)9-12(15(18)22-4)7-8-17(19)20/h9,13-14H,5-8,10-11H2,1-4H3/b12-9+. The normalized spacial score (nSPS) is 22.8. The first-order valence-electron chi connectivity index (χ1n) is 8.24. The van der Waals surface area contributed by atoms with Crippen LogP contribution < -0.4 is 0 Å². The van der Waals surface area contributed by atoms with Crippen LogP contribution in [0.25, 0.3) is 0 Å². The molecule has 0 aromatic carbocycles. The summed E-state index contributed by atoms with van der Waals surface area (Å²) >= 11 is 0. The van der Waals surface area contributed by atoms with E-state index in [4.69, 9.17) is 23.7 Å². The number of hydrogen-bond acceptors (Lipinski definition) is 8. The first kappa shape index (κ1) is 21.5. The van der Waals surface area contributed by atoms with E-state index in [1.165, 1.54) is 14.2 Å². The van der Waals surface area contributed by atoms with Crippen LogP contribution in [0.5, 0.6) is 0 Å². The molecule has 0 radical (unpaired) electrons. The van der Waals surface area contributed by atoms with Gasteiger partial charge in [-0.25, -0.2) is 4.79 Å². The number of carbonyl (C=O) groups is 1. The highest BCUT2D eigenvalue weighted by Gasteiger charge is 2.45. The van der Waals surface area contributed by atoms with Crippen LogP contribution in [0.3, 0.4) is 0 Å². The molecule has 0 saturated carbocycles. The summed E-state index contributed by atoms with van der Waals surface area (Å²) in [4.78, 5) is 22.1. The molecule has 9 nitrogen and oxygen atoms in total. The number of carbonyl (C=O) groups excluding carboxylic acids is 1. The molecule has 1 aliphatic rings. The lowest BCUT2D eigenvalue weighted by atomic mass is 10.1. The fourth-order valence-corrected chi connectivity index (χ4v) is 2.59. The molecule has 1 saturated heterocycles. The van der Waals surface area contributed by atoms with E-state index < -0.39 is 28.9 Å². The lowest BCUT2D eigenvalue weighted by molar-refractivity contribution is -0.479. The van der Waals surface area contributed by atoms with Gasteiger partial charge in [0.1, 0.15) is 19.0 Å². The molecule has 25 heavy (non-hydrogen) atoms. The van der Waals surface area contributed by atoms with Crippen LogP contribution in [0.1, 0.15) is 33.1 Å². The Hall–Kier alpha value is -1.55. The predicted molar refractivity (Wildman–Crippen MR) is 87.5 cm³/mol. The van der Waals surface area contributed by atoms with Crippen molar-refractivity contribution in [2.24, 2.45) is 0 Å². The van der Waals surface area contributed by atoms with Crippen molar-refractivity contribution in [2.45, 2.75) is 51.1 Å². The SMILES string of the molecule is CCC1(CC)OC(/C=C(\CC[N+](=O)[O-])C(=O)OC)C(COCOC)O1. The maximum atomic E-state index is 11.9. The molecule has 9 heteroatoms. The third kappa shape index (κ3) is 6.35. The Morgan fingerprint density at radius 2 is 1.96 bits per heavy atom. The molecule has 0 N–H and O–H groups in total. The summed E-state index contributed by atoms with van der Waals surface area (Å²) in [6.45, 7) is 3.83. The van der Waals surface area contributed by atoms with Crippen LogP contribution in [0.15, 0.2) is 11.6 Å². The van der Waals surface area contributed by atoms with Crippen LogP contribution in [-0.4, -0.2) is 63.1 Å². The van der Waals surface area contributed by atoms with Gasteiger partial charge in [0.05, 0.1) is 13.7 Å². The van der Waals surface area contributed by atoms with Gasteiger partial charge in [0, 0.05) is 24.0 Å². The van der Waals surface area contributed by atoms with E-state index in [9.17, 15) is 14.9 Å². The van der Waals surface area contributed by atoms with Gasteiger partial charge in [-0.05, 0) is 18.9 Å². The van der Waals surface area contributed by atoms with Crippen LogP contribution >= 0.6 is 0 Å². The summed E-state index contributed by atoms with van der Waals surface area (Å²) in [5.41, 5.74) is 0.188. The van der Waals surface area contributed by atoms with Crippen molar-refractivity contribution in [1.29, 1.82) is 0 Å². The zero-order valence-electron chi connectivity index (χ0n) is 15.2. The van der Waals surface area contributed by atoms with E-state index in [1.807, 2.05) is 13.8 Å². The quantitative estimate of drug-likeness (QED) is 0.137. The van der Waals surface area contributed by atoms with E-state index >= 15 is 0 Å². The molecule has 0 aliphatic carbocycles. The summed E-state index contributed by atoms with van der Waals surface area (Å²) in [6, 6.07) is 0. The second-order valence-electron chi connectivity index (χ2n) is 5.62. The smallest absolute Gasteiger partial charge is 0.333 e. The van der Waals surface area contributed by atoms with Gasteiger partial charge in [-0.2, -0.15) is 0 Å². The minimum Gasteiger partial charge on any atom is -0.466 e. The Morgan fingerprint density at radius 3 is 2.48 bits per heavy atom. The van der Waals surface area contributed by atoms with Crippen molar-refractivity contribution in [2.75, 3.05) is 34.2 Å². The Kier molecular flexibility index (Phi) is 8.98. The number of ether oxygens (including phenoxy) is 5. The minimum atomic E-state index is -0.771. The molecule has 0 spiro atoms. The Balaban J connectivity index is 2.98. The number of nitro groups is 1. The van der Waals surface area contributed by atoms with E-state index in [2.05, 4.69) is 0 Å². The molecule has 1 fully saturated rings. The van der Waals surface area contributed by atoms with Crippen LogP contribution in [0.4, 0.5) is 0 Å². The van der Waals surface area contributed by atoms with Crippen molar-refractivity contribution in [1.82, 2.24) is 0 Å². The van der Waals surface area contributed by atoms with Gasteiger partial charge in [0.25, 0.3) is 0 Å². The Bertz CT molecular complexity index is 475. The first-order valence-corrected chi connectivity index (χ1v) is 8.24. The van der Waals surface area contributed by atoms with Crippen molar-refractivity contribution in [3.8, 4) is 0 Å². The molecule has 0 aromatic rings. The molecule has 2 unspecified atom stereocenters. The summed E-state index contributed by atoms with van der Waals surface area (Å²) in [6.07, 6.45) is 1.72. The number of hydrogen-bond donors (Lipinski definition) is 0. The van der Waals surface area contributed by atoms with Crippen molar-refractivity contribution in [3.05, 3.63) is 21.8 Å². The summed E-state index contributed by atoms with van der Waals surface area (Å²) in [5, 5.41) is 10.6. The average molecular weight is 361 g/mol. The lowest BCUT2D eigenvalue weighted by Crippen LogP contribution is -2.30. The van der Waals surface area contributed by atoms with Gasteiger partial charge >= 0.3 is 5.97 Å². The van der Waals surface area contributed by atoms with E-state index in [0.717, 1.165) is 0 Å². The number of methoxy groups -OCH3 is 2. The van der Waals surface area contributed by atoms with E-state index in [1.54, 1.807) is 6.08 Å². The van der Waals surface area contributed by atoms with Crippen LogP contribution in [0, 0.1) is 10.1 Å². The highest BCUT2D eigenvalue weighted by Crippen LogP contribution is 2.35. The molecule has 2 atom stereocenters. The highest BCUT2D eigenvalue weighted by molar-refractivity contribution is 5.88. The molecule has 1 heterocycles.